The molecule has 2 aromatic rings. The smallest absolute Gasteiger partial charge is 0.224 e. The van der Waals surface area contributed by atoms with Gasteiger partial charge in [0.05, 0.1) is 6.04 Å². The van der Waals surface area contributed by atoms with Gasteiger partial charge in [0.15, 0.2) is 0 Å². The molecular weight excluding hydrogens is 284 g/mol. The third kappa shape index (κ3) is 3.08. The summed E-state index contributed by atoms with van der Waals surface area (Å²) in [4.78, 5) is 24.8. The molecule has 1 saturated heterocycles. The Morgan fingerprint density at radius 3 is 3.00 bits per heavy atom. The van der Waals surface area contributed by atoms with Crippen LogP contribution in [0.3, 0.4) is 0 Å². The number of nitrogens with one attached hydrogen (secondary N) is 2. The Morgan fingerprint density at radius 1 is 1.43 bits per heavy atom. The molecule has 2 unspecified atom stereocenters. The SMILES string of the molecule is CC(NC(=O)C1CCNC(=O)C1)c1cc2ccccc2s1. The van der Waals surface area contributed by atoms with E-state index in [9.17, 15) is 9.59 Å². The van der Waals surface area contributed by atoms with E-state index in [2.05, 4.69) is 28.8 Å². The van der Waals surface area contributed by atoms with Gasteiger partial charge in [-0.15, -0.1) is 11.3 Å². The normalized spacial score (nSPS) is 20.0. The van der Waals surface area contributed by atoms with Gasteiger partial charge in [0, 0.05) is 28.5 Å². The van der Waals surface area contributed by atoms with E-state index >= 15 is 0 Å². The van der Waals surface area contributed by atoms with Gasteiger partial charge in [0.2, 0.25) is 11.8 Å². The molecule has 0 spiro atoms. The van der Waals surface area contributed by atoms with Gasteiger partial charge < -0.3 is 10.6 Å². The lowest BCUT2D eigenvalue weighted by Crippen LogP contribution is -2.41. The minimum atomic E-state index is -0.199. The van der Waals surface area contributed by atoms with Crippen LogP contribution in [0.15, 0.2) is 30.3 Å². The molecule has 0 bridgehead atoms. The fraction of sp³-hybridized carbons (Fsp3) is 0.375. The van der Waals surface area contributed by atoms with Crippen molar-refractivity contribution in [3.63, 3.8) is 0 Å². The van der Waals surface area contributed by atoms with Crippen LogP contribution < -0.4 is 10.6 Å². The summed E-state index contributed by atoms with van der Waals surface area (Å²) in [5, 5.41) is 7.00. The lowest BCUT2D eigenvalue weighted by molar-refractivity contribution is -0.132. The lowest BCUT2D eigenvalue weighted by atomic mass is 9.96. The van der Waals surface area contributed by atoms with Crippen LogP contribution >= 0.6 is 11.3 Å². The molecule has 21 heavy (non-hydrogen) atoms. The molecule has 2 amide bonds. The number of piperidine rings is 1. The first-order chi connectivity index (χ1) is 10.1. The van der Waals surface area contributed by atoms with Gasteiger partial charge in [-0.2, -0.15) is 0 Å². The van der Waals surface area contributed by atoms with Crippen molar-refractivity contribution < 1.29 is 9.59 Å². The molecule has 1 aromatic heterocycles. The van der Waals surface area contributed by atoms with E-state index in [1.807, 2.05) is 19.1 Å². The summed E-state index contributed by atoms with van der Waals surface area (Å²) in [5.41, 5.74) is 0. The predicted molar refractivity (Wildman–Crippen MR) is 84.1 cm³/mol. The van der Waals surface area contributed by atoms with Crippen molar-refractivity contribution in [1.29, 1.82) is 0 Å². The zero-order chi connectivity index (χ0) is 14.8. The van der Waals surface area contributed by atoms with Crippen molar-refractivity contribution in [1.82, 2.24) is 10.6 Å². The Labute approximate surface area is 127 Å². The van der Waals surface area contributed by atoms with Gasteiger partial charge in [-0.05, 0) is 30.9 Å². The van der Waals surface area contributed by atoms with E-state index in [1.54, 1.807) is 11.3 Å². The third-order valence-electron chi connectivity index (χ3n) is 3.85. The summed E-state index contributed by atoms with van der Waals surface area (Å²) in [6.07, 6.45) is 1.02. The quantitative estimate of drug-likeness (QED) is 0.915. The van der Waals surface area contributed by atoms with Crippen molar-refractivity contribution in [2.45, 2.75) is 25.8 Å². The Morgan fingerprint density at radius 2 is 2.24 bits per heavy atom. The van der Waals surface area contributed by atoms with E-state index in [4.69, 9.17) is 0 Å². The molecule has 4 nitrogen and oxygen atoms in total. The van der Waals surface area contributed by atoms with Gasteiger partial charge in [0.1, 0.15) is 0 Å². The average Bonchev–Trinajstić information content (AvgIpc) is 2.91. The average molecular weight is 302 g/mol. The van der Waals surface area contributed by atoms with Gasteiger partial charge in [-0.3, -0.25) is 9.59 Å². The van der Waals surface area contributed by atoms with E-state index < -0.39 is 0 Å². The highest BCUT2D eigenvalue weighted by Crippen LogP contribution is 2.30. The van der Waals surface area contributed by atoms with Gasteiger partial charge >= 0.3 is 0 Å². The maximum absolute atomic E-state index is 12.3. The molecule has 5 heteroatoms. The fourth-order valence-corrected chi connectivity index (χ4v) is 3.69. The second-order valence-corrected chi connectivity index (χ2v) is 6.57. The van der Waals surface area contributed by atoms with Crippen LogP contribution in [0.4, 0.5) is 0 Å². The molecule has 110 valence electrons. The van der Waals surface area contributed by atoms with Gasteiger partial charge in [-0.1, -0.05) is 18.2 Å². The van der Waals surface area contributed by atoms with Crippen LogP contribution in [-0.4, -0.2) is 18.4 Å². The number of hydrogen-bond acceptors (Lipinski definition) is 3. The van der Waals surface area contributed by atoms with Crippen LogP contribution in [0, 0.1) is 5.92 Å². The summed E-state index contributed by atoms with van der Waals surface area (Å²) < 4.78 is 1.23. The van der Waals surface area contributed by atoms with E-state index in [-0.39, 0.29) is 23.8 Å². The van der Waals surface area contributed by atoms with Crippen molar-refractivity contribution in [2.75, 3.05) is 6.54 Å². The number of amides is 2. The van der Waals surface area contributed by atoms with Crippen molar-refractivity contribution in [3.05, 3.63) is 35.2 Å². The topological polar surface area (TPSA) is 58.2 Å². The number of carbonyl (C=O) groups is 2. The Kier molecular flexibility index (Phi) is 3.92. The highest BCUT2D eigenvalue weighted by Gasteiger charge is 2.26. The van der Waals surface area contributed by atoms with Gasteiger partial charge in [-0.25, -0.2) is 0 Å². The van der Waals surface area contributed by atoms with E-state index in [0.29, 0.717) is 13.0 Å². The largest absolute Gasteiger partial charge is 0.356 e. The van der Waals surface area contributed by atoms with E-state index in [1.165, 1.54) is 10.1 Å². The third-order valence-corrected chi connectivity index (χ3v) is 5.15. The van der Waals surface area contributed by atoms with Gasteiger partial charge in [0.25, 0.3) is 0 Å². The monoisotopic (exact) mass is 302 g/mol. The molecule has 0 saturated carbocycles. The summed E-state index contributed by atoms with van der Waals surface area (Å²) in [7, 11) is 0. The van der Waals surface area contributed by atoms with Crippen LogP contribution in [-0.2, 0) is 9.59 Å². The highest BCUT2D eigenvalue weighted by atomic mass is 32.1. The van der Waals surface area contributed by atoms with Crippen molar-refractivity contribution in [2.24, 2.45) is 5.92 Å². The Hall–Kier alpha value is -1.88. The zero-order valence-corrected chi connectivity index (χ0v) is 12.7. The highest BCUT2D eigenvalue weighted by molar-refractivity contribution is 7.19. The molecular formula is C16H18N2O2S. The summed E-state index contributed by atoms with van der Waals surface area (Å²) in [5.74, 6) is -0.249. The zero-order valence-electron chi connectivity index (χ0n) is 11.9. The molecule has 2 atom stereocenters. The minimum absolute atomic E-state index is 0.0187. The first-order valence-electron chi connectivity index (χ1n) is 7.19. The second kappa shape index (κ2) is 5.85. The lowest BCUT2D eigenvalue weighted by Gasteiger charge is -2.23. The maximum atomic E-state index is 12.3. The van der Waals surface area contributed by atoms with E-state index in [0.717, 1.165) is 11.3 Å². The molecule has 0 radical (unpaired) electrons. The van der Waals surface area contributed by atoms with Crippen LogP contribution in [0.2, 0.25) is 0 Å². The number of carbonyl (C=O) groups excluding carboxylic acids is 2. The molecule has 3 rings (SSSR count). The summed E-state index contributed by atoms with van der Waals surface area (Å²) in [6.45, 7) is 2.58. The number of fused-ring (bicyclic) bond motifs is 1. The number of thiophene rings is 1. The maximum Gasteiger partial charge on any atom is 0.224 e. The number of rotatable bonds is 3. The Bertz CT molecular complexity index is 647. The fourth-order valence-electron chi connectivity index (χ4n) is 2.63. The van der Waals surface area contributed by atoms with Crippen LogP contribution in [0.1, 0.15) is 30.7 Å². The molecule has 2 heterocycles. The molecule has 1 aliphatic rings. The van der Waals surface area contributed by atoms with Crippen molar-refractivity contribution >= 4 is 33.2 Å². The number of hydrogen-bond donors (Lipinski definition) is 2. The summed E-state index contributed by atoms with van der Waals surface area (Å²) >= 11 is 1.70. The summed E-state index contributed by atoms with van der Waals surface area (Å²) in [6, 6.07) is 10.3. The molecule has 1 aromatic carbocycles. The molecule has 2 N–H and O–H groups in total. The standard InChI is InChI=1S/C16H18N2O2S/c1-10(14-8-11-4-2-3-5-13(11)21-14)18-16(20)12-6-7-17-15(19)9-12/h2-5,8,10,12H,6-7,9H2,1H3,(H,17,19)(H,18,20). The first-order valence-corrected chi connectivity index (χ1v) is 8.00. The first kappa shape index (κ1) is 14.1. The molecule has 1 aliphatic heterocycles. The molecule has 1 fully saturated rings. The van der Waals surface area contributed by atoms with Crippen molar-refractivity contribution in [3.8, 4) is 0 Å². The molecule has 0 aliphatic carbocycles. The van der Waals surface area contributed by atoms with Crippen LogP contribution in [0.25, 0.3) is 10.1 Å². The Balaban J connectivity index is 1.69. The predicted octanol–water partition coefficient (Wildman–Crippen LogP) is 2.60. The second-order valence-electron chi connectivity index (χ2n) is 5.46. The van der Waals surface area contributed by atoms with Crippen LogP contribution in [0.5, 0.6) is 0 Å². The minimum Gasteiger partial charge on any atom is -0.356 e. The number of benzene rings is 1.